The fourth-order valence-electron chi connectivity index (χ4n) is 0.884. The maximum Gasteiger partial charge on any atom is 0.0407 e. The van der Waals surface area contributed by atoms with Crippen LogP contribution in [0.2, 0.25) is 0 Å². The first-order valence-electron chi connectivity index (χ1n) is 3.74. The van der Waals surface area contributed by atoms with Gasteiger partial charge in [-0.15, -0.1) is 11.6 Å². The van der Waals surface area contributed by atoms with Gasteiger partial charge in [0.05, 0.1) is 0 Å². The Morgan fingerprint density at radius 1 is 1.38 bits per heavy atom. The fraction of sp³-hybridized carbons (Fsp3) is 0.111. The van der Waals surface area contributed by atoms with E-state index in [1.165, 1.54) is 0 Å². The zero-order valence-corrected chi connectivity index (χ0v) is 7.65. The molecule has 13 heavy (non-hydrogen) atoms. The second-order valence-electron chi connectivity index (χ2n) is 2.34. The van der Waals surface area contributed by atoms with Crippen LogP contribution in [-0.4, -0.2) is 5.88 Å². The van der Waals surface area contributed by atoms with Crippen LogP contribution in [0.3, 0.4) is 0 Å². The van der Waals surface area contributed by atoms with Gasteiger partial charge in [-0.05, 0) is 11.1 Å². The first kappa shape index (κ1) is 9.65. The number of alkyl halides is 1. The molecule has 0 saturated heterocycles. The van der Waals surface area contributed by atoms with Crippen LogP contribution >= 0.6 is 11.6 Å². The molecule has 0 N–H and O–H groups in total. The van der Waals surface area contributed by atoms with Crippen LogP contribution < -0.4 is 0 Å². The molecule has 0 aromatic heterocycles. The number of hydrogen-bond donors (Lipinski definition) is 0. The number of hydrogen-bond acceptors (Lipinski definition) is 1. The molecule has 0 aliphatic heterocycles. The minimum absolute atomic E-state index is 0.498. The molecule has 0 unspecified atom stereocenters. The Hall–Kier alpha value is -1.44. The van der Waals surface area contributed by atoms with E-state index in [2.05, 4.69) is 10.0 Å². The van der Waals surface area contributed by atoms with E-state index in [1.54, 1.807) is 12.1 Å². The van der Waals surface area contributed by atoms with Gasteiger partial charge in [-0.2, -0.15) is 0 Å². The molecule has 3 nitrogen and oxygen atoms in total. The van der Waals surface area contributed by atoms with Gasteiger partial charge in [0.15, 0.2) is 0 Å². The zero-order valence-electron chi connectivity index (χ0n) is 6.89. The molecule has 1 aromatic carbocycles. The maximum atomic E-state index is 8.16. The summed E-state index contributed by atoms with van der Waals surface area (Å²) < 4.78 is 0. The first-order chi connectivity index (χ1) is 6.36. The lowest BCUT2D eigenvalue weighted by Crippen LogP contribution is -1.70. The topological polar surface area (TPSA) is 48.8 Å². The van der Waals surface area contributed by atoms with Gasteiger partial charge >= 0.3 is 0 Å². The van der Waals surface area contributed by atoms with Gasteiger partial charge in [0.25, 0.3) is 0 Å². The van der Waals surface area contributed by atoms with Gasteiger partial charge in [0, 0.05) is 16.5 Å². The minimum atomic E-state index is 0.498. The van der Waals surface area contributed by atoms with Gasteiger partial charge in [0.1, 0.15) is 0 Å². The van der Waals surface area contributed by atoms with Gasteiger partial charge in [-0.3, -0.25) is 0 Å². The predicted molar refractivity (Wildman–Crippen MR) is 55.0 cm³/mol. The van der Waals surface area contributed by atoms with Crippen molar-refractivity contribution >= 4 is 23.4 Å². The van der Waals surface area contributed by atoms with Gasteiger partial charge in [-0.25, -0.2) is 0 Å². The van der Waals surface area contributed by atoms with E-state index in [9.17, 15) is 0 Å². The van der Waals surface area contributed by atoms with Crippen molar-refractivity contribution in [2.45, 2.75) is 0 Å². The monoisotopic (exact) mass is 193 g/mol. The summed E-state index contributed by atoms with van der Waals surface area (Å²) in [4.78, 5) is 2.68. The molecule has 0 radical (unpaired) electrons. The van der Waals surface area contributed by atoms with Crippen LogP contribution in [0, 0.1) is 0 Å². The molecule has 0 amide bonds. The number of azide groups is 1. The molecular formula is C9H8ClN3. The van der Waals surface area contributed by atoms with Crippen molar-refractivity contribution in [3.8, 4) is 0 Å². The van der Waals surface area contributed by atoms with Gasteiger partial charge in [-0.1, -0.05) is 41.5 Å². The highest BCUT2D eigenvalue weighted by Crippen LogP contribution is 2.13. The van der Waals surface area contributed by atoms with Crippen LogP contribution in [0.4, 0.5) is 5.69 Å². The van der Waals surface area contributed by atoms with E-state index in [4.69, 9.17) is 17.1 Å². The number of halogens is 1. The van der Waals surface area contributed by atoms with Crippen molar-refractivity contribution in [2.75, 3.05) is 5.88 Å². The van der Waals surface area contributed by atoms with E-state index in [0.29, 0.717) is 11.6 Å². The van der Waals surface area contributed by atoms with E-state index in [1.807, 2.05) is 24.3 Å². The van der Waals surface area contributed by atoms with Crippen molar-refractivity contribution in [3.05, 3.63) is 46.3 Å². The quantitative estimate of drug-likeness (QED) is 0.303. The molecule has 66 valence electrons. The lowest BCUT2D eigenvalue weighted by molar-refractivity contribution is 1.47. The second-order valence-corrected chi connectivity index (χ2v) is 2.65. The van der Waals surface area contributed by atoms with Gasteiger partial charge < -0.3 is 0 Å². The Morgan fingerprint density at radius 3 is 2.62 bits per heavy atom. The second kappa shape index (κ2) is 5.25. The fourth-order valence-corrected chi connectivity index (χ4v) is 0.973. The number of allylic oxidation sites excluding steroid dienone is 1. The van der Waals surface area contributed by atoms with Crippen molar-refractivity contribution in [1.29, 1.82) is 0 Å². The van der Waals surface area contributed by atoms with E-state index in [-0.39, 0.29) is 0 Å². The summed E-state index contributed by atoms with van der Waals surface area (Å²) in [6.45, 7) is 0. The molecule has 0 bridgehead atoms. The average Bonchev–Trinajstić information content (AvgIpc) is 2.17. The largest absolute Gasteiger partial charge is 0.122 e. The van der Waals surface area contributed by atoms with Crippen LogP contribution in [0.1, 0.15) is 5.56 Å². The predicted octanol–water partition coefficient (Wildman–Crippen LogP) is 3.88. The minimum Gasteiger partial charge on any atom is -0.122 e. The van der Waals surface area contributed by atoms with E-state index < -0.39 is 0 Å². The first-order valence-corrected chi connectivity index (χ1v) is 4.28. The lowest BCUT2D eigenvalue weighted by Gasteiger charge is -1.93. The highest BCUT2D eigenvalue weighted by molar-refractivity contribution is 6.19. The Labute approximate surface area is 81.3 Å². The smallest absolute Gasteiger partial charge is 0.0407 e. The molecular weight excluding hydrogens is 186 g/mol. The Bertz CT molecular complexity index is 336. The Balaban J connectivity index is 2.80. The van der Waals surface area contributed by atoms with Crippen molar-refractivity contribution in [1.82, 2.24) is 0 Å². The summed E-state index contributed by atoms with van der Waals surface area (Å²) >= 11 is 5.48. The van der Waals surface area contributed by atoms with Crippen molar-refractivity contribution < 1.29 is 0 Å². The molecule has 0 aliphatic rings. The molecule has 4 heteroatoms. The summed E-state index contributed by atoms with van der Waals surface area (Å²) in [6, 6.07) is 7.25. The Kier molecular flexibility index (Phi) is 3.89. The third-order valence-corrected chi connectivity index (χ3v) is 1.63. The van der Waals surface area contributed by atoms with Gasteiger partial charge in [0.2, 0.25) is 0 Å². The lowest BCUT2D eigenvalue weighted by atomic mass is 10.2. The van der Waals surface area contributed by atoms with Crippen LogP contribution in [-0.2, 0) is 0 Å². The third kappa shape index (κ3) is 3.20. The van der Waals surface area contributed by atoms with Crippen molar-refractivity contribution in [2.24, 2.45) is 5.11 Å². The molecule has 1 rings (SSSR count). The summed E-state index contributed by atoms with van der Waals surface area (Å²) in [5.41, 5.74) is 9.81. The van der Waals surface area contributed by atoms with E-state index >= 15 is 0 Å². The standard InChI is InChI=1S/C9H8ClN3/c10-7-1-2-8-3-5-9(6-4-8)12-13-11/h1-6H,7H2. The van der Waals surface area contributed by atoms with E-state index in [0.717, 1.165) is 5.56 Å². The molecule has 0 spiro atoms. The molecule has 0 fully saturated rings. The number of nitrogens with zero attached hydrogens (tertiary/aromatic N) is 3. The Morgan fingerprint density at radius 2 is 2.08 bits per heavy atom. The number of benzene rings is 1. The van der Waals surface area contributed by atoms with Crippen LogP contribution in [0.5, 0.6) is 0 Å². The highest BCUT2D eigenvalue weighted by atomic mass is 35.5. The SMILES string of the molecule is [N-]=[N+]=Nc1ccc(C=CCCl)cc1. The summed E-state index contributed by atoms with van der Waals surface area (Å²) in [5.74, 6) is 0.498. The molecule has 1 aromatic rings. The normalized spacial score (nSPS) is 9.92. The summed E-state index contributed by atoms with van der Waals surface area (Å²) in [6.07, 6.45) is 3.76. The average molecular weight is 194 g/mol. The van der Waals surface area contributed by atoms with Crippen molar-refractivity contribution in [3.63, 3.8) is 0 Å². The van der Waals surface area contributed by atoms with Crippen LogP contribution in [0.15, 0.2) is 35.5 Å². The summed E-state index contributed by atoms with van der Waals surface area (Å²) in [7, 11) is 0. The zero-order chi connectivity index (χ0) is 9.52. The third-order valence-electron chi connectivity index (χ3n) is 1.45. The highest BCUT2D eigenvalue weighted by Gasteiger charge is 1.87. The molecule has 0 atom stereocenters. The molecule has 0 aliphatic carbocycles. The molecule has 0 saturated carbocycles. The molecule has 0 heterocycles. The van der Waals surface area contributed by atoms with Crippen LogP contribution in [0.25, 0.3) is 16.5 Å². The summed E-state index contributed by atoms with van der Waals surface area (Å²) in [5, 5.41) is 3.46. The number of rotatable bonds is 3. The maximum absolute atomic E-state index is 8.16.